The zero-order valence-electron chi connectivity index (χ0n) is 12.6. The van der Waals surface area contributed by atoms with Gasteiger partial charge in [0.2, 0.25) is 0 Å². The Bertz CT molecular complexity index is 848. The van der Waals surface area contributed by atoms with Gasteiger partial charge in [-0.05, 0) is 35.9 Å². The highest BCUT2D eigenvalue weighted by atomic mass is 35.5. The van der Waals surface area contributed by atoms with Gasteiger partial charge < -0.3 is 5.32 Å². The Labute approximate surface area is 148 Å². The number of carbonyl (C=O) groups excluding carboxylic acids is 1. The maximum Gasteiger partial charge on any atom is 0.251 e. The SMILES string of the molecule is O=C(NCc1ncc(Cc2ccc(F)cc2)s1)c1cccc(Cl)c1. The number of nitrogens with one attached hydrogen (secondary N) is 1. The van der Waals surface area contributed by atoms with E-state index in [4.69, 9.17) is 11.6 Å². The molecule has 0 aliphatic heterocycles. The maximum absolute atomic E-state index is 12.9. The number of carbonyl (C=O) groups is 1. The number of aromatic nitrogens is 1. The first-order chi connectivity index (χ1) is 11.6. The van der Waals surface area contributed by atoms with Crippen LogP contribution in [-0.2, 0) is 13.0 Å². The van der Waals surface area contributed by atoms with Gasteiger partial charge in [0.1, 0.15) is 10.8 Å². The number of benzene rings is 2. The van der Waals surface area contributed by atoms with Gasteiger partial charge in [-0.2, -0.15) is 0 Å². The van der Waals surface area contributed by atoms with Gasteiger partial charge in [-0.3, -0.25) is 4.79 Å². The first-order valence-electron chi connectivity index (χ1n) is 7.32. The van der Waals surface area contributed by atoms with Crippen LogP contribution in [0.4, 0.5) is 4.39 Å². The van der Waals surface area contributed by atoms with Gasteiger partial charge in [-0.15, -0.1) is 11.3 Å². The molecule has 3 aromatic rings. The highest BCUT2D eigenvalue weighted by Gasteiger charge is 2.08. The zero-order valence-corrected chi connectivity index (χ0v) is 14.2. The van der Waals surface area contributed by atoms with Crippen molar-refractivity contribution in [3.05, 3.63) is 86.6 Å². The Morgan fingerprint density at radius 1 is 1.21 bits per heavy atom. The Hall–Kier alpha value is -2.24. The lowest BCUT2D eigenvalue weighted by Crippen LogP contribution is -2.22. The molecule has 0 aliphatic rings. The second kappa shape index (κ2) is 7.55. The number of amides is 1. The molecule has 1 aromatic heterocycles. The number of hydrogen-bond acceptors (Lipinski definition) is 3. The van der Waals surface area contributed by atoms with Gasteiger partial charge in [0.15, 0.2) is 0 Å². The molecule has 1 amide bonds. The van der Waals surface area contributed by atoms with Crippen molar-refractivity contribution in [3.8, 4) is 0 Å². The molecule has 6 heteroatoms. The fourth-order valence-corrected chi connectivity index (χ4v) is 3.29. The third kappa shape index (κ3) is 4.40. The number of hydrogen-bond donors (Lipinski definition) is 1. The van der Waals surface area contributed by atoms with E-state index in [0.29, 0.717) is 23.6 Å². The largest absolute Gasteiger partial charge is 0.346 e. The van der Waals surface area contributed by atoms with Crippen molar-refractivity contribution in [2.75, 3.05) is 0 Å². The van der Waals surface area contributed by atoms with E-state index >= 15 is 0 Å². The molecule has 1 N–H and O–H groups in total. The van der Waals surface area contributed by atoms with E-state index in [2.05, 4.69) is 10.3 Å². The lowest BCUT2D eigenvalue weighted by Gasteiger charge is -2.03. The minimum Gasteiger partial charge on any atom is -0.346 e. The first kappa shape index (κ1) is 16.6. The standard InChI is InChI=1S/C18H14ClFN2OS/c19-14-3-1-2-13(9-14)18(23)22-11-17-21-10-16(24-17)8-12-4-6-15(20)7-5-12/h1-7,9-10H,8,11H2,(H,22,23). The summed E-state index contributed by atoms with van der Waals surface area (Å²) in [6, 6.07) is 13.2. The highest BCUT2D eigenvalue weighted by molar-refractivity contribution is 7.11. The minimum atomic E-state index is -0.243. The van der Waals surface area contributed by atoms with Crippen molar-refractivity contribution in [2.24, 2.45) is 0 Å². The average Bonchev–Trinajstić information content (AvgIpc) is 3.02. The van der Waals surface area contributed by atoms with Gasteiger partial charge in [0, 0.05) is 28.1 Å². The normalized spacial score (nSPS) is 10.6. The van der Waals surface area contributed by atoms with Gasteiger partial charge >= 0.3 is 0 Å². The van der Waals surface area contributed by atoms with E-state index in [-0.39, 0.29) is 11.7 Å². The van der Waals surface area contributed by atoms with Crippen LogP contribution in [0.2, 0.25) is 5.02 Å². The highest BCUT2D eigenvalue weighted by Crippen LogP contribution is 2.18. The van der Waals surface area contributed by atoms with Crippen molar-refractivity contribution in [1.82, 2.24) is 10.3 Å². The molecule has 0 saturated carbocycles. The van der Waals surface area contributed by atoms with Crippen LogP contribution in [0, 0.1) is 5.82 Å². The third-order valence-corrected chi connectivity index (χ3v) is 4.61. The van der Waals surface area contributed by atoms with Crippen LogP contribution >= 0.6 is 22.9 Å². The lowest BCUT2D eigenvalue weighted by molar-refractivity contribution is 0.0951. The van der Waals surface area contributed by atoms with Crippen molar-refractivity contribution in [3.63, 3.8) is 0 Å². The third-order valence-electron chi connectivity index (χ3n) is 3.38. The van der Waals surface area contributed by atoms with E-state index < -0.39 is 0 Å². The Kier molecular flexibility index (Phi) is 5.23. The van der Waals surface area contributed by atoms with Crippen molar-refractivity contribution >= 4 is 28.8 Å². The molecule has 122 valence electrons. The molecule has 3 rings (SSSR count). The molecule has 0 fully saturated rings. The molecular formula is C18H14ClFN2OS. The second-order valence-corrected chi connectivity index (χ2v) is 6.85. The van der Waals surface area contributed by atoms with Gasteiger partial charge in [-0.25, -0.2) is 9.37 Å². The van der Waals surface area contributed by atoms with Gasteiger partial charge in [0.25, 0.3) is 5.91 Å². The van der Waals surface area contributed by atoms with Gasteiger partial charge in [-0.1, -0.05) is 29.8 Å². The summed E-state index contributed by atoms with van der Waals surface area (Å²) in [7, 11) is 0. The Balaban J connectivity index is 1.58. The van der Waals surface area contributed by atoms with Crippen LogP contribution in [0.5, 0.6) is 0 Å². The fraction of sp³-hybridized carbons (Fsp3) is 0.111. The Morgan fingerprint density at radius 2 is 2.00 bits per heavy atom. The second-order valence-electron chi connectivity index (χ2n) is 5.22. The van der Waals surface area contributed by atoms with Crippen LogP contribution in [0.3, 0.4) is 0 Å². The zero-order chi connectivity index (χ0) is 16.9. The molecule has 24 heavy (non-hydrogen) atoms. The molecule has 0 spiro atoms. The van der Waals surface area contributed by atoms with E-state index in [1.165, 1.54) is 23.5 Å². The molecule has 2 aromatic carbocycles. The molecule has 3 nitrogen and oxygen atoms in total. The lowest BCUT2D eigenvalue weighted by atomic mass is 10.1. The predicted octanol–water partition coefficient (Wildman–Crippen LogP) is 4.46. The first-order valence-corrected chi connectivity index (χ1v) is 8.51. The predicted molar refractivity (Wildman–Crippen MR) is 93.9 cm³/mol. The average molecular weight is 361 g/mol. The van der Waals surface area contributed by atoms with E-state index in [9.17, 15) is 9.18 Å². The summed E-state index contributed by atoms with van der Waals surface area (Å²) in [5.74, 6) is -0.430. The van der Waals surface area contributed by atoms with Crippen molar-refractivity contribution in [2.45, 2.75) is 13.0 Å². The number of nitrogens with zero attached hydrogens (tertiary/aromatic N) is 1. The molecular weight excluding hydrogens is 347 g/mol. The molecule has 0 saturated heterocycles. The molecule has 0 unspecified atom stereocenters. The topological polar surface area (TPSA) is 42.0 Å². The number of thiazole rings is 1. The maximum atomic E-state index is 12.9. The molecule has 0 atom stereocenters. The van der Waals surface area contributed by atoms with Crippen LogP contribution in [0.1, 0.15) is 25.8 Å². The Morgan fingerprint density at radius 3 is 2.75 bits per heavy atom. The van der Waals surface area contributed by atoms with E-state index in [1.807, 2.05) is 0 Å². The summed E-state index contributed by atoms with van der Waals surface area (Å²) in [5.41, 5.74) is 1.54. The van der Waals surface area contributed by atoms with Crippen LogP contribution in [-0.4, -0.2) is 10.9 Å². The van der Waals surface area contributed by atoms with Crippen molar-refractivity contribution in [1.29, 1.82) is 0 Å². The van der Waals surface area contributed by atoms with Crippen LogP contribution < -0.4 is 5.32 Å². The fourth-order valence-electron chi connectivity index (χ4n) is 2.20. The van der Waals surface area contributed by atoms with Gasteiger partial charge in [0.05, 0.1) is 6.54 Å². The van der Waals surface area contributed by atoms with Crippen LogP contribution in [0.15, 0.2) is 54.7 Å². The molecule has 0 bridgehead atoms. The van der Waals surface area contributed by atoms with E-state index in [1.54, 1.807) is 42.6 Å². The van der Waals surface area contributed by atoms with Crippen molar-refractivity contribution < 1.29 is 9.18 Å². The van der Waals surface area contributed by atoms with Crippen LogP contribution in [0.25, 0.3) is 0 Å². The number of halogens is 2. The minimum absolute atomic E-state index is 0.187. The summed E-state index contributed by atoms with van der Waals surface area (Å²) < 4.78 is 12.9. The summed E-state index contributed by atoms with van der Waals surface area (Å²) >= 11 is 7.41. The summed E-state index contributed by atoms with van der Waals surface area (Å²) in [6.45, 7) is 0.361. The molecule has 0 aliphatic carbocycles. The monoisotopic (exact) mass is 360 g/mol. The molecule has 1 heterocycles. The van der Waals surface area contributed by atoms with E-state index in [0.717, 1.165) is 15.4 Å². The summed E-state index contributed by atoms with van der Waals surface area (Å²) in [5, 5.41) is 4.18. The molecule has 0 radical (unpaired) electrons. The quantitative estimate of drug-likeness (QED) is 0.730. The summed E-state index contributed by atoms with van der Waals surface area (Å²) in [6.07, 6.45) is 2.48. The smallest absolute Gasteiger partial charge is 0.251 e. The number of rotatable bonds is 5. The summed E-state index contributed by atoms with van der Waals surface area (Å²) in [4.78, 5) is 17.5.